The van der Waals surface area contributed by atoms with Crippen molar-refractivity contribution in [3.63, 3.8) is 0 Å². The molecule has 0 radical (unpaired) electrons. The van der Waals surface area contributed by atoms with Crippen molar-refractivity contribution in [1.82, 2.24) is 0 Å². The van der Waals surface area contributed by atoms with Crippen LogP contribution in [-0.4, -0.2) is 25.2 Å². The van der Waals surface area contributed by atoms with E-state index in [4.69, 9.17) is 0 Å². The Bertz CT molecular complexity index is 301. The maximum atomic E-state index is 9.98. The highest BCUT2D eigenvalue weighted by Crippen LogP contribution is 2.30. The molecule has 0 aliphatic carbocycles. The van der Waals surface area contributed by atoms with Gasteiger partial charge in [-0.1, -0.05) is 20.8 Å². The molecule has 0 saturated carbocycles. The summed E-state index contributed by atoms with van der Waals surface area (Å²) in [5.41, 5.74) is 0.188. The molecule has 0 heterocycles. The zero-order valence-corrected chi connectivity index (χ0v) is 11.0. The lowest BCUT2D eigenvalue weighted by molar-refractivity contribution is 0.252. The standard InChI is InChI=1S/C13H22N2O2/c1-12(5-4-7-14-10-16)9-13(2,3)6-8-15-11-17/h12H,4-9H2,1-3H3. The molecule has 17 heavy (non-hydrogen) atoms. The van der Waals surface area contributed by atoms with Crippen molar-refractivity contribution in [3.8, 4) is 0 Å². The predicted octanol–water partition coefficient (Wildman–Crippen LogP) is 2.88. The Labute approximate surface area is 103 Å². The molecule has 0 aliphatic heterocycles. The van der Waals surface area contributed by atoms with Crippen LogP contribution in [-0.2, 0) is 9.59 Å². The van der Waals surface area contributed by atoms with E-state index in [1.54, 1.807) is 12.2 Å². The minimum absolute atomic E-state index is 0.188. The first-order chi connectivity index (χ1) is 8.02. The molecule has 0 amide bonds. The quantitative estimate of drug-likeness (QED) is 0.352. The summed E-state index contributed by atoms with van der Waals surface area (Å²) in [7, 11) is 0. The van der Waals surface area contributed by atoms with Gasteiger partial charge in [-0.3, -0.25) is 0 Å². The molecule has 0 aromatic rings. The highest BCUT2D eigenvalue weighted by Gasteiger charge is 2.20. The predicted molar refractivity (Wildman–Crippen MR) is 67.4 cm³/mol. The van der Waals surface area contributed by atoms with E-state index in [0.717, 1.165) is 25.7 Å². The third kappa shape index (κ3) is 9.68. The first-order valence-electron chi connectivity index (χ1n) is 6.09. The van der Waals surface area contributed by atoms with Crippen molar-refractivity contribution >= 4 is 12.2 Å². The fourth-order valence-corrected chi connectivity index (χ4v) is 2.12. The van der Waals surface area contributed by atoms with Gasteiger partial charge in [-0.25, -0.2) is 19.6 Å². The molecule has 0 fully saturated rings. The molecule has 0 saturated heterocycles. The number of rotatable bonds is 9. The Morgan fingerprint density at radius 3 is 2.29 bits per heavy atom. The van der Waals surface area contributed by atoms with Crippen LogP contribution < -0.4 is 0 Å². The van der Waals surface area contributed by atoms with Crippen molar-refractivity contribution in [2.75, 3.05) is 13.1 Å². The lowest BCUT2D eigenvalue weighted by Crippen LogP contribution is -2.17. The Morgan fingerprint density at radius 1 is 1.12 bits per heavy atom. The third-order valence-electron chi connectivity index (χ3n) is 2.90. The van der Waals surface area contributed by atoms with Crippen LogP contribution in [0, 0.1) is 11.3 Å². The van der Waals surface area contributed by atoms with Gasteiger partial charge >= 0.3 is 0 Å². The number of carbonyl (C=O) groups excluding carboxylic acids is 2. The van der Waals surface area contributed by atoms with Crippen LogP contribution in [0.15, 0.2) is 9.98 Å². The fraction of sp³-hybridized carbons (Fsp3) is 0.846. The van der Waals surface area contributed by atoms with Gasteiger partial charge in [0.05, 0.1) is 13.1 Å². The van der Waals surface area contributed by atoms with Gasteiger partial charge in [0.25, 0.3) is 0 Å². The topological polar surface area (TPSA) is 58.9 Å². The normalized spacial score (nSPS) is 12.4. The van der Waals surface area contributed by atoms with Crippen LogP contribution in [0.4, 0.5) is 0 Å². The Morgan fingerprint density at radius 2 is 1.71 bits per heavy atom. The zero-order chi connectivity index (χ0) is 13.1. The van der Waals surface area contributed by atoms with Crippen molar-refractivity contribution < 1.29 is 9.59 Å². The van der Waals surface area contributed by atoms with Gasteiger partial charge in [-0.15, -0.1) is 0 Å². The number of hydrogen-bond donors (Lipinski definition) is 0. The minimum Gasteiger partial charge on any atom is -0.211 e. The summed E-state index contributed by atoms with van der Waals surface area (Å²) in [6, 6.07) is 0. The zero-order valence-electron chi connectivity index (χ0n) is 11.0. The third-order valence-corrected chi connectivity index (χ3v) is 2.90. The largest absolute Gasteiger partial charge is 0.234 e. The number of hydrogen-bond acceptors (Lipinski definition) is 4. The molecule has 0 bridgehead atoms. The summed E-state index contributed by atoms with van der Waals surface area (Å²) in [6.45, 7) is 7.71. The van der Waals surface area contributed by atoms with Crippen LogP contribution in [0.25, 0.3) is 0 Å². The van der Waals surface area contributed by atoms with Crippen molar-refractivity contribution in [2.24, 2.45) is 21.3 Å². The SMILES string of the molecule is CC(CCCN=C=O)CC(C)(C)CCN=C=O. The smallest absolute Gasteiger partial charge is 0.211 e. The second-order valence-electron chi connectivity index (χ2n) is 5.31. The van der Waals surface area contributed by atoms with Gasteiger partial charge in [0.2, 0.25) is 12.2 Å². The summed E-state index contributed by atoms with van der Waals surface area (Å²) in [4.78, 5) is 27.0. The molecule has 96 valence electrons. The highest BCUT2D eigenvalue weighted by atomic mass is 16.1. The minimum atomic E-state index is 0.188. The second kappa shape index (κ2) is 8.86. The Kier molecular flexibility index (Phi) is 8.21. The molecule has 4 nitrogen and oxygen atoms in total. The van der Waals surface area contributed by atoms with Gasteiger partial charge in [-0.05, 0) is 37.0 Å². The second-order valence-corrected chi connectivity index (χ2v) is 5.31. The van der Waals surface area contributed by atoms with E-state index in [2.05, 4.69) is 30.8 Å². The molecule has 1 atom stereocenters. The molecular weight excluding hydrogens is 216 g/mol. The van der Waals surface area contributed by atoms with Crippen LogP contribution in [0.2, 0.25) is 0 Å². The summed E-state index contributed by atoms with van der Waals surface area (Å²) in [5.74, 6) is 0.590. The molecular formula is C13H22N2O2. The molecule has 0 aromatic heterocycles. The number of aliphatic imine (C=N–C) groups is 2. The van der Waals surface area contributed by atoms with Crippen molar-refractivity contribution in [3.05, 3.63) is 0 Å². The van der Waals surface area contributed by atoms with Crippen LogP contribution >= 0.6 is 0 Å². The fourth-order valence-electron chi connectivity index (χ4n) is 2.12. The molecule has 0 aliphatic rings. The number of isocyanates is 2. The monoisotopic (exact) mass is 238 g/mol. The lowest BCUT2D eigenvalue weighted by atomic mass is 9.79. The van der Waals surface area contributed by atoms with E-state index in [-0.39, 0.29) is 5.41 Å². The maximum absolute atomic E-state index is 9.98. The van der Waals surface area contributed by atoms with Gasteiger partial charge in [-0.2, -0.15) is 0 Å². The van der Waals surface area contributed by atoms with Crippen LogP contribution in [0.1, 0.15) is 46.5 Å². The molecule has 0 spiro atoms. The Hall–Kier alpha value is -1.24. The summed E-state index contributed by atoms with van der Waals surface area (Å²) < 4.78 is 0. The van der Waals surface area contributed by atoms with Crippen LogP contribution in [0.5, 0.6) is 0 Å². The average Bonchev–Trinajstić information content (AvgIpc) is 2.24. The molecule has 4 heteroatoms. The summed E-state index contributed by atoms with van der Waals surface area (Å²) in [6.07, 6.45) is 7.10. The van der Waals surface area contributed by atoms with E-state index in [0.29, 0.717) is 19.0 Å². The van der Waals surface area contributed by atoms with E-state index in [1.807, 2.05) is 0 Å². The van der Waals surface area contributed by atoms with E-state index < -0.39 is 0 Å². The van der Waals surface area contributed by atoms with Gasteiger partial charge < -0.3 is 0 Å². The first-order valence-corrected chi connectivity index (χ1v) is 6.09. The van der Waals surface area contributed by atoms with Gasteiger partial charge in [0, 0.05) is 0 Å². The summed E-state index contributed by atoms with van der Waals surface area (Å²) >= 11 is 0. The van der Waals surface area contributed by atoms with E-state index in [9.17, 15) is 9.59 Å². The van der Waals surface area contributed by atoms with Gasteiger partial charge in [0.1, 0.15) is 0 Å². The maximum Gasteiger partial charge on any atom is 0.234 e. The highest BCUT2D eigenvalue weighted by molar-refractivity contribution is 5.32. The first kappa shape index (κ1) is 15.8. The van der Waals surface area contributed by atoms with Gasteiger partial charge in [0.15, 0.2) is 0 Å². The molecule has 0 N–H and O–H groups in total. The van der Waals surface area contributed by atoms with E-state index in [1.165, 1.54) is 0 Å². The van der Waals surface area contributed by atoms with Crippen LogP contribution in [0.3, 0.4) is 0 Å². The van der Waals surface area contributed by atoms with Crippen molar-refractivity contribution in [1.29, 1.82) is 0 Å². The lowest BCUT2D eigenvalue weighted by Gasteiger charge is -2.27. The average molecular weight is 238 g/mol. The molecule has 0 rings (SSSR count). The Balaban J connectivity index is 3.86. The van der Waals surface area contributed by atoms with E-state index >= 15 is 0 Å². The van der Waals surface area contributed by atoms with Crippen molar-refractivity contribution in [2.45, 2.75) is 46.5 Å². The summed E-state index contributed by atoms with van der Waals surface area (Å²) in [5, 5.41) is 0. The molecule has 1 unspecified atom stereocenters. The molecule has 0 aromatic carbocycles. The number of nitrogens with zero attached hydrogens (tertiary/aromatic N) is 2.